The first-order valence-electron chi connectivity index (χ1n) is 5.86. The minimum atomic E-state index is -4.51. The third-order valence-electron chi connectivity index (χ3n) is 2.95. The summed E-state index contributed by atoms with van der Waals surface area (Å²) in [7, 11) is 0. The van der Waals surface area contributed by atoms with Gasteiger partial charge in [0.05, 0.1) is 17.8 Å². The van der Waals surface area contributed by atoms with E-state index in [0.717, 1.165) is 30.5 Å². The zero-order valence-electron chi connectivity index (χ0n) is 10.7. The summed E-state index contributed by atoms with van der Waals surface area (Å²) in [4.78, 5) is 3.65. The van der Waals surface area contributed by atoms with E-state index in [0.29, 0.717) is 0 Å². The largest absolute Gasteiger partial charge is 0.416 e. The standard InChI is InChI=1S/C13H12F4N4/c14-9-3-7(5-20-6-9)12(21-19)10-4-8(13(15,16)17)1-2-11(10)18/h1-6,12,21H,18-19H2. The SMILES string of the molecule is NNC(c1cncc(F)c1)c1cc(C(F)(F)F)ccc1N. The van der Waals surface area contributed by atoms with Gasteiger partial charge in [-0.1, -0.05) is 0 Å². The highest BCUT2D eigenvalue weighted by molar-refractivity contribution is 5.53. The van der Waals surface area contributed by atoms with Crippen LogP contribution >= 0.6 is 0 Å². The monoisotopic (exact) mass is 300 g/mol. The predicted molar refractivity (Wildman–Crippen MR) is 69.2 cm³/mol. The second-order valence-corrected chi connectivity index (χ2v) is 4.38. The molecule has 0 aliphatic carbocycles. The van der Waals surface area contributed by atoms with Gasteiger partial charge in [-0.25, -0.2) is 9.82 Å². The summed E-state index contributed by atoms with van der Waals surface area (Å²) >= 11 is 0. The van der Waals surface area contributed by atoms with Crippen molar-refractivity contribution in [2.75, 3.05) is 5.73 Å². The first-order valence-corrected chi connectivity index (χ1v) is 5.86. The second-order valence-electron chi connectivity index (χ2n) is 4.38. The Hall–Kier alpha value is -2.19. The van der Waals surface area contributed by atoms with Crippen LogP contribution in [0.25, 0.3) is 0 Å². The maximum atomic E-state index is 13.2. The molecule has 1 aromatic heterocycles. The number of aromatic nitrogens is 1. The first kappa shape index (κ1) is 15.2. The predicted octanol–water partition coefficient (Wildman–Crippen LogP) is 2.37. The van der Waals surface area contributed by atoms with Crippen LogP contribution < -0.4 is 17.0 Å². The van der Waals surface area contributed by atoms with Crippen LogP contribution in [0.1, 0.15) is 22.7 Å². The topological polar surface area (TPSA) is 77.0 Å². The molecule has 0 aliphatic heterocycles. The van der Waals surface area contributed by atoms with Crippen molar-refractivity contribution in [1.29, 1.82) is 0 Å². The van der Waals surface area contributed by atoms with E-state index < -0.39 is 23.6 Å². The lowest BCUT2D eigenvalue weighted by Gasteiger charge is -2.20. The minimum Gasteiger partial charge on any atom is -0.398 e. The summed E-state index contributed by atoms with van der Waals surface area (Å²) in [5.41, 5.74) is 7.64. The van der Waals surface area contributed by atoms with Crippen molar-refractivity contribution in [2.45, 2.75) is 12.2 Å². The fourth-order valence-electron chi connectivity index (χ4n) is 1.95. The van der Waals surface area contributed by atoms with Crippen LogP contribution in [0.2, 0.25) is 0 Å². The number of anilines is 1. The number of hydrazine groups is 1. The lowest BCUT2D eigenvalue weighted by atomic mass is 9.97. The van der Waals surface area contributed by atoms with E-state index in [2.05, 4.69) is 10.4 Å². The van der Waals surface area contributed by atoms with E-state index in [-0.39, 0.29) is 16.8 Å². The number of hydrogen-bond acceptors (Lipinski definition) is 4. The molecule has 0 bridgehead atoms. The van der Waals surface area contributed by atoms with E-state index >= 15 is 0 Å². The number of benzene rings is 1. The van der Waals surface area contributed by atoms with Crippen molar-refractivity contribution in [3.05, 3.63) is 59.2 Å². The number of nitrogens with zero attached hydrogens (tertiary/aromatic N) is 1. The zero-order chi connectivity index (χ0) is 15.6. The summed E-state index contributed by atoms with van der Waals surface area (Å²) in [5, 5.41) is 0. The van der Waals surface area contributed by atoms with E-state index in [1.807, 2.05) is 0 Å². The van der Waals surface area contributed by atoms with Crippen molar-refractivity contribution in [3.8, 4) is 0 Å². The van der Waals surface area contributed by atoms with Gasteiger partial charge in [-0.3, -0.25) is 10.8 Å². The summed E-state index contributed by atoms with van der Waals surface area (Å²) in [6.45, 7) is 0. The van der Waals surface area contributed by atoms with Crippen LogP contribution in [0.5, 0.6) is 0 Å². The molecule has 0 radical (unpaired) electrons. The molecule has 0 saturated heterocycles. The first-order chi connectivity index (χ1) is 9.82. The smallest absolute Gasteiger partial charge is 0.398 e. The quantitative estimate of drug-likeness (QED) is 0.352. The minimum absolute atomic E-state index is 0.0970. The molecule has 1 atom stereocenters. The molecule has 8 heteroatoms. The van der Waals surface area contributed by atoms with Gasteiger partial charge >= 0.3 is 6.18 Å². The molecule has 5 N–H and O–H groups in total. The summed E-state index contributed by atoms with van der Waals surface area (Å²) < 4.78 is 51.5. The third-order valence-corrected chi connectivity index (χ3v) is 2.95. The number of pyridine rings is 1. The molecule has 1 heterocycles. The van der Waals surface area contributed by atoms with E-state index in [1.165, 1.54) is 6.20 Å². The highest BCUT2D eigenvalue weighted by Crippen LogP contribution is 2.34. The maximum Gasteiger partial charge on any atom is 0.416 e. The molecular weight excluding hydrogens is 288 g/mol. The molecule has 0 amide bonds. The Morgan fingerprint density at radius 1 is 1.14 bits per heavy atom. The summed E-state index contributed by atoms with van der Waals surface area (Å²) in [6.07, 6.45) is -2.23. The molecule has 4 nitrogen and oxygen atoms in total. The third kappa shape index (κ3) is 3.29. The van der Waals surface area contributed by atoms with E-state index in [4.69, 9.17) is 11.6 Å². The Labute approximate surface area is 117 Å². The Morgan fingerprint density at radius 2 is 1.86 bits per heavy atom. The molecule has 1 unspecified atom stereocenters. The van der Waals surface area contributed by atoms with Gasteiger partial charge in [0.25, 0.3) is 0 Å². The van der Waals surface area contributed by atoms with E-state index in [9.17, 15) is 17.6 Å². The molecule has 0 saturated carbocycles. The lowest BCUT2D eigenvalue weighted by molar-refractivity contribution is -0.137. The molecule has 0 spiro atoms. The lowest BCUT2D eigenvalue weighted by Crippen LogP contribution is -2.30. The average Bonchev–Trinajstić information content (AvgIpc) is 2.40. The molecule has 1 aromatic carbocycles. The highest BCUT2D eigenvalue weighted by atomic mass is 19.4. The van der Waals surface area contributed by atoms with Crippen LogP contribution in [0.15, 0.2) is 36.7 Å². The number of alkyl halides is 3. The Morgan fingerprint density at radius 3 is 2.43 bits per heavy atom. The van der Waals surface area contributed by atoms with Gasteiger partial charge in [0.1, 0.15) is 5.82 Å². The van der Waals surface area contributed by atoms with E-state index in [1.54, 1.807) is 0 Å². The molecule has 2 aromatic rings. The Bertz CT molecular complexity index is 642. The van der Waals surface area contributed by atoms with Crippen molar-refractivity contribution < 1.29 is 17.6 Å². The van der Waals surface area contributed by atoms with Gasteiger partial charge in [0.15, 0.2) is 0 Å². The van der Waals surface area contributed by atoms with Crippen LogP contribution in [-0.4, -0.2) is 4.98 Å². The maximum absolute atomic E-state index is 13.2. The average molecular weight is 300 g/mol. The molecule has 2 rings (SSSR count). The second kappa shape index (κ2) is 5.66. The fourth-order valence-corrected chi connectivity index (χ4v) is 1.95. The summed E-state index contributed by atoms with van der Waals surface area (Å²) in [6, 6.07) is 3.10. The van der Waals surface area contributed by atoms with Crippen LogP contribution in [0.3, 0.4) is 0 Å². The number of nitrogens with one attached hydrogen (secondary N) is 1. The van der Waals surface area contributed by atoms with Gasteiger partial charge in [-0.05, 0) is 35.4 Å². The molecule has 0 aliphatic rings. The summed E-state index contributed by atoms with van der Waals surface area (Å²) in [5.74, 6) is 4.75. The zero-order valence-corrected chi connectivity index (χ0v) is 10.7. The van der Waals surface area contributed by atoms with Gasteiger partial charge in [-0.2, -0.15) is 13.2 Å². The van der Waals surface area contributed by atoms with Crippen LogP contribution in [-0.2, 0) is 6.18 Å². The molecule has 112 valence electrons. The Kier molecular flexibility index (Phi) is 4.10. The number of rotatable bonds is 3. The van der Waals surface area contributed by atoms with Gasteiger partial charge in [-0.15, -0.1) is 0 Å². The van der Waals surface area contributed by atoms with Crippen LogP contribution in [0.4, 0.5) is 23.2 Å². The van der Waals surface area contributed by atoms with Gasteiger partial charge in [0.2, 0.25) is 0 Å². The fraction of sp³-hybridized carbons (Fsp3) is 0.154. The van der Waals surface area contributed by atoms with Crippen molar-refractivity contribution in [1.82, 2.24) is 10.4 Å². The van der Waals surface area contributed by atoms with Crippen molar-refractivity contribution in [2.24, 2.45) is 5.84 Å². The normalized spacial score (nSPS) is 13.2. The van der Waals surface area contributed by atoms with Gasteiger partial charge < -0.3 is 5.73 Å². The van der Waals surface area contributed by atoms with Crippen molar-refractivity contribution >= 4 is 5.69 Å². The molecular formula is C13H12F4N4. The number of nitrogens with two attached hydrogens (primary N) is 2. The van der Waals surface area contributed by atoms with Crippen LogP contribution in [0, 0.1) is 5.82 Å². The number of halogens is 4. The Balaban J connectivity index is 2.52. The molecule has 0 fully saturated rings. The molecule has 21 heavy (non-hydrogen) atoms. The highest BCUT2D eigenvalue weighted by Gasteiger charge is 2.31. The van der Waals surface area contributed by atoms with Crippen molar-refractivity contribution in [3.63, 3.8) is 0 Å². The number of nitrogen functional groups attached to an aromatic ring is 1. The number of hydrogen-bond donors (Lipinski definition) is 3. The van der Waals surface area contributed by atoms with Gasteiger partial charge in [0, 0.05) is 11.9 Å².